The van der Waals surface area contributed by atoms with Crippen LogP contribution in [0.2, 0.25) is 0 Å². The van der Waals surface area contributed by atoms with Gasteiger partial charge in [0.05, 0.1) is 17.4 Å². The first kappa shape index (κ1) is 36.6. The highest BCUT2D eigenvalue weighted by atomic mass is 14.9. The molecule has 3 aromatic rings. The van der Waals surface area contributed by atoms with Crippen molar-refractivity contribution in [3.05, 3.63) is 54.9 Å². The number of rotatable bonds is 1. The molecule has 0 saturated carbocycles. The van der Waals surface area contributed by atoms with Crippen molar-refractivity contribution in [1.82, 2.24) is 9.97 Å². The molecule has 0 radical (unpaired) electrons. The van der Waals surface area contributed by atoms with Gasteiger partial charge in [-0.05, 0) is 125 Å². The Kier molecular flexibility index (Phi) is 19.8. The van der Waals surface area contributed by atoms with E-state index >= 15 is 0 Å². The molecule has 0 aliphatic heterocycles. The normalized spacial score (nSPS) is 5.92. The summed E-state index contributed by atoms with van der Waals surface area (Å²) in [7, 11) is 0. The first-order valence-electron chi connectivity index (χ1n) is 13.7. The molecule has 0 spiro atoms. The summed E-state index contributed by atoms with van der Waals surface area (Å²) in [5.41, 5.74) is 4.53. The zero-order chi connectivity index (χ0) is 35.4. The minimum atomic E-state index is 1.01. The molecule has 1 aromatic heterocycles. The maximum absolute atomic E-state index is 4.93. The van der Waals surface area contributed by atoms with Gasteiger partial charge in [0, 0.05) is 94.7 Å². The van der Waals surface area contributed by atoms with Gasteiger partial charge in [-0.15, -0.1) is 6.42 Å². The second-order valence-electron chi connectivity index (χ2n) is 7.77. The summed E-state index contributed by atoms with van der Waals surface area (Å²) >= 11 is 0. The van der Waals surface area contributed by atoms with Gasteiger partial charge in [-0.2, -0.15) is 0 Å². The molecule has 0 aliphatic rings. The van der Waals surface area contributed by atoms with E-state index in [-0.39, 0.29) is 0 Å². The second-order valence-corrected chi connectivity index (χ2v) is 7.77. The van der Waals surface area contributed by atoms with Gasteiger partial charge >= 0.3 is 0 Å². The molecule has 0 bridgehead atoms. The number of aromatic amines is 1. The Morgan fingerprint density at radius 1 is 0.420 bits per heavy atom. The van der Waals surface area contributed by atoms with E-state index in [1.807, 2.05) is 24.3 Å². The van der Waals surface area contributed by atoms with Crippen LogP contribution in [0.4, 0.5) is 0 Å². The number of H-pyrrole nitrogens is 1. The quantitative estimate of drug-likeness (QED) is 0.412. The first-order valence-corrected chi connectivity index (χ1v) is 13.7. The van der Waals surface area contributed by atoms with E-state index in [0.29, 0.717) is 0 Å². The van der Waals surface area contributed by atoms with Crippen LogP contribution in [0.5, 0.6) is 0 Å². The minimum absolute atomic E-state index is 1.01. The molecule has 1 N–H and O–H groups in total. The van der Waals surface area contributed by atoms with Gasteiger partial charge in [0.1, 0.15) is 0 Å². The number of benzene rings is 2. The number of nitrogens with one attached hydrogen (secondary N) is 1. The van der Waals surface area contributed by atoms with Crippen molar-refractivity contribution in [1.29, 1.82) is 0 Å². The topological polar surface area (TPSA) is 28.7 Å². The number of hydrogen-bond acceptors (Lipinski definition) is 1. The van der Waals surface area contributed by atoms with Crippen LogP contribution in [-0.4, -0.2) is 9.97 Å². The van der Waals surface area contributed by atoms with E-state index in [9.17, 15) is 0 Å². The van der Waals surface area contributed by atoms with Crippen LogP contribution in [-0.2, 0) is 0 Å². The van der Waals surface area contributed by atoms with Gasteiger partial charge in [-0.1, -0.05) is 42.3 Å². The highest BCUT2D eigenvalue weighted by molar-refractivity contribution is 5.81. The highest BCUT2D eigenvalue weighted by Gasteiger charge is 1.99. The maximum Gasteiger partial charge on any atom is 0.0931 e. The predicted molar refractivity (Wildman–Crippen MR) is 200 cm³/mol. The number of aromatic nitrogens is 2. The summed E-state index contributed by atoms with van der Waals surface area (Å²) in [5, 5.41) is 0. The molecular formula is C48H14N2. The van der Waals surface area contributed by atoms with Gasteiger partial charge in [0.2, 0.25) is 0 Å². The molecule has 0 amide bonds. The van der Waals surface area contributed by atoms with Crippen LogP contribution in [0.3, 0.4) is 0 Å². The van der Waals surface area contributed by atoms with Gasteiger partial charge in [0.15, 0.2) is 0 Å². The summed E-state index contributed by atoms with van der Waals surface area (Å²) < 4.78 is 0. The molecule has 0 fully saturated rings. The maximum atomic E-state index is 4.93. The third-order valence-corrected chi connectivity index (χ3v) is 4.60. The van der Waals surface area contributed by atoms with Gasteiger partial charge in [0.25, 0.3) is 0 Å². The molecule has 0 unspecified atom stereocenters. The number of fused-ring (bicyclic) bond motifs is 1. The van der Waals surface area contributed by atoms with Crippen molar-refractivity contribution in [2.45, 2.75) is 6.92 Å². The van der Waals surface area contributed by atoms with E-state index in [2.05, 4.69) is 230 Å². The molecular weight excluding hydrogens is 605 g/mol. The average Bonchev–Trinajstić information content (AvgIpc) is 3.63. The lowest BCUT2D eigenvalue weighted by Crippen LogP contribution is -1.77. The van der Waals surface area contributed by atoms with E-state index in [0.717, 1.165) is 11.0 Å². The monoisotopic (exact) mass is 618 g/mol. The molecule has 0 saturated heterocycles. The number of hydrogen-bond donors (Lipinski definition) is 1. The summed E-state index contributed by atoms with van der Waals surface area (Å²) in [6.07, 6.45) is 6.65. The summed E-state index contributed by atoms with van der Waals surface area (Å²) in [6.45, 7) is 1.69. The minimum Gasteiger partial charge on any atom is -0.345 e. The Morgan fingerprint density at radius 3 is 1.14 bits per heavy atom. The second kappa shape index (κ2) is 27.0. The molecule has 2 nitrogen and oxygen atoms in total. The van der Waals surface area contributed by atoms with Gasteiger partial charge < -0.3 is 4.98 Å². The van der Waals surface area contributed by atoms with Crippen LogP contribution < -0.4 is 0 Å². The van der Waals surface area contributed by atoms with Crippen LogP contribution in [0.25, 0.3) is 22.2 Å². The Labute approximate surface area is 294 Å². The van der Waals surface area contributed by atoms with Crippen molar-refractivity contribution >= 4 is 11.0 Å². The number of terminal acetylenes is 1. The molecule has 216 valence electrons. The standard InChI is InChI=1S/C35H4.C13H10N2/c1-3-5-7-9-11-13-15-17-19-21-23-25-27-29-31-33-35-34-32-30-28-26-24-22-20-18-16-14-12-10-8-6-4-2;1-2-4-10(5-3-1)11-6-7-12-13(8-11)15-9-14-12/h1H,2H3;1-9H,(H,14,15). The fraction of sp³-hybridized carbons (Fsp3) is 0.0208. The fourth-order valence-electron chi connectivity index (χ4n) is 2.75. The highest BCUT2D eigenvalue weighted by Crippen LogP contribution is 2.22. The fourth-order valence-corrected chi connectivity index (χ4v) is 2.75. The molecule has 0 atom stereocenters. The van der Waals surface area contributed by atoms with Crippen molar-refractivity contribution in [3.8, 4) is 213 Å². The summed E-state index contributed by atoms with van der Waals surface area (Å²) in [6, 6.07) is 16.6. The lowest BCUT2D eigenvalue weighted by atomic mass is 10.1. The molecule has 2 aromatic carbocycles. The van der Waals surface area contributed by atoms with E-state index in [1.165, 1.54) is 11.1 Å². The van der Waals surface area contributed by atoms with Crippen molar-refractivity contribution in [3.63, 3.8) is 0 Å². The van der Waals surface area contributed by atoms with E-state index in [4.69, 9.17) is 6.42 Å². The largest absolute Gasteiger partial charge is 0.345 e. The Bertz CT molecular complexity index is 2860. The van der Waals surface area contributed by atoms with Gasteiger partial charge in [-0.25, -0.2) is 4.98 Å². The van der Waals surface area contributed by atoms with Crippen LogP contribution >= 0.6 is 0 Å². The lowest BCUT2D eigenvalue weighted by molar-refractivity contribution is 1.34. The Balaban J connectivity index is 0.000000468. The lowest BCUT2D eigenvalue weighted by Gasteiger charge is -2.00. The van der Waals surface area contributed by atoms with E-state index in [1.54, 1.807) is 13.3 Å². The third-order valence-electron chi connectivity index (χ3n) is 4.60. The number of nitrogens with zero attached hydrogens (tertiary/aromatic N) is 1. The third kappa shape index (κ3) is 18.9. The summed E-state index contributed by atoms with van der Waals surface area (Å²) in [4.78, 5) is 7.32. The zero-order valence-electron chi connectivity index (χ0n) is 26.2. The molecule has 2 heteroatoms. The van der Waals surface area contributed by atoms with Crippen molar-refractivity contribution in [2.75, 3.05) is 0 Å². The average molecular weight is 619 g/mol. The molecule has 1 heterocycles. The molecule has 0 aliphatic carbocycles. The van der Waals surface area contributed by atoms with E-state index < -0.39 is 0 Å². The SMILES string of the molecule is C#CC#CC#CC#CC#CC#CC#CC#CC#CC#CC#CC#CC#CC#CC#CC#CC#CC.c1ccc(-c2ccc3nc[nH]c3c2)cc1. The molecule has 50 heavy (non-hydrogen) atoms. The first-order chi connectivity index (χ1) is 24.8. The van der Waals surface area contributed by atoms with Crippen molar-refractivity contribution < 1.29 is 0 Å². The van der Waals surface area contributed by atoms with Gasteiger partial charge in [-0.3, -0.25) is 0 Å². The summed E-state index contributed by atoms with van der Waals surface area (Å²) in [5.74, 6) is 81.9. The van der Waals surface area contributed by atoms with Crippen LogP contribution in [0, 0.1) is 202 Å². The van der Waals surface area contributed by atoms with Crippen LogP contribution in [0.1, 0.15) is 6.92 Å². The predicted octanol–water partition coefficient (Wildman–Crippen LogP) is 3.92. The zero-order valence-corrected chi connectivity index (χ0v) is 26.2. The van der Waals surface area contributed by atoms with Crippen molar-refractivity contribution in [2.24, 2.45) is 0 Å². The Morgan fingerprint density at radius 2 is 0.780 bits per heavy atom. The Hall–Kier alpha value is -9.57. The van der Waals surface area contributed by atoms with Crippen LogP contribution in [0.15, 0.2) is 54.9 Å². The number of imidazole rings is 1. The molecule has 3 rings (SSSR count). The smallest absolute Gasteiger partial charge is 0.0931 e.